The molecule has 0 aliphatic heterocycles. The maximum Gasteiger partial charge on any atom is 0.416 e. The van der Waals surface area contributed by atoms with Gasteiger partial charge in [-0.1, -0.05) is 24.6 Å². The molecular weight excluding hydrogens is 455 g/mol. The van der Waals surface area contributed by atoms with Crippen LogP contribution in [0.25, 0.3) is 11.0 Å². The number of hydrogen-bond acceptors (Lipinski definition) is 5. The second kappa shape index (κ2) is 9.68. The number of fused-ring (bicyclic) bond motifs is 1. The van der Waals surface area contributed by atoms with Gasteiger partial charge in [0.05, 0.1) is 16.1 Å². The molecule has 2 aromatic heterocycles. The second-order valence-electron chi connectivity index (χ2n) is 7.22. The van der Waals surface area contributed by atoms with Crippen LogP contribution in [0.2, 0.25) is 5.02 Å². The summed E-state index contributed by atoms with van der Waals surface area (Å²) in [7, 11) is 0. The van der Waals surface area contributed by atoms with Crippen molar-refractivity contribution in [2.75, 3.05) is 18.4 Å². The first kappa shape index (κ1) is 22.9. The van der Waals surface area contributed by atoms with Crippen LogP contribution < -0.4 is 15.4 Å². The van der Waals surface area contributed by atoms with E-state index in [4.69, 9.17) is 16.3 Å². The lowest BCUT2D eigenvalue weighted by Crippen LogP contribution is -2.19. The Labute approximate surface area is 193 Å². The zero-order chi connectivity index (χ0) is 23.4. The second-order valence-corrected chi connectivity index (χ2v) is 7.62. The van der Waals surface area contributed by atoms with Gasteiger partial charge in [-0.25, -0.2) is 9.97 Å². The number of halogens is 4. The van der Waals surface area contributed by atoms with Gasteiger partial charge in [0.1, 0.15) is 23.3 Å². The lowest BCUT2D eigenvalue weighted by Gasteiger charge is -2.13. The average Bonchev–Trinajstić information content (AvgIpc) is 3.20. The molecule has 0 saturated carbocycles. The van der Waals surface area contributed by atoms with Crippen molar-refractivity contribution in [2.24, 2.45) is 0 Å². The lowest BCUT2D eigenvalue weighted by molar-refractivity contribution is -0.137. The Bertz CT molecular complexity index is 1260. The molecule has 0 amide bonds. The molecule has 0 radical (unpaired) electrons. The molecule has 0 spiro atoms. The van der Waals surface area contributed by atoms with E-state index in [9.17, 15) is 13.2 Å². The van der Waals surface area contributed by atoms with Gasteiger partial charge in [-0.05, 0) is 49.0 Å². The lowest BCUT2D eigenvalue weighted by atomic mass is 10.2. The number of ether oxygens (including phenoxy) is 1. The highest BCUT2D eigenvalue weighted by molar-refractivity contribution is 6.32. The predicted octanol–water partition coefficient (Wildman–Crippen LogP) is 6.25. The molecule has 0 atom stereocenters. The topological polar surface area (TPSA) is 64.0 Å². The zero-order valence-corrected chi connectivity index (χ0v) is 18.4. The SMILES string of the molecule is CCNCCn1ccc2ncnc(Nc3ccc(Oc4cccc(C(F)(F)F)c4)c(Cl)c3)c21. The van der Waals surface area contributed by atoms with Gasteiger partial charge in [0, 0.05) is 25.0 Å². The largest absolute Gasteiger partial charge is 0.456 e. The molecule has 2 aromatic carbocycles. The van der Waals surface area contributed by atoms with E-state index in [0.29, 0.717) is 11.5 Å². The highest BCUT2D eigenvalue weighted by Gasteiger charge is 2.30. The van der Waals surface area contributed by atoms with E-state index in [0.717, 1.165) is 42.8 Å². The van der Waals surface area contributed by atoms with Crippen LogP contribution in [0.1, 0.15) is 12.5 Å². The fourth-order valence-corrected chi connectivity index (χ4v) is 3.57. The van der Waals surface area contributed by atoms with E-state index in [1.54, 1.807) is 18.2 Å². The van der Waals surface area contributed by atoms with Crippen molar-refractivity contribution < 1.29 is 17.9 Å². The summed E-state index contributed by atoms with van der Waals surface area (Å²) >= 11 is 6.35. The normalized spacial score (nSPS) is 11.7. The third-order valence-corrected chi connectivity index (χ3v) is 5.21. The first-order chi connectivity index (χ1) is 15.8. The molecule has 172 valence electrons. The van der Waals surface area contributed by atoms with Gasteiger partial charge >= 0.3 is 6.18 Å². The van der Waals surface area contributed by atoms with Crippen molar-refractivity contribution in [1.82, 2.24) is 19.9 Å². The average molecular weight is 476 g/mol. The van der Waals surface area contributed by atoms with Crippen LogP contribution >= 0.6 is 11.6 Å². The molecule has 33 heavy (non-hydrogen) atoms. The number of alkyl halides is 3. The summed E-state index contributed by atoms with van der Waals surface area (Å²) in [5, 5.41) is 6.77. The van der Waals surface area contributed by atoms with Gasteiger partial charge in [0.2, 0.25) is 0 Å². The van der Waals surface area contributed by atoms with Crippen LogP contribution in [0.3, 0.4) is 0 Å². The summed E-state index contributed by atoms with van der Waals surface area (Å²) in [5.41, 5.74) is 1.52. The summed E-state index contributed by atoms with van der Waals surface area (Å²) in [6, 6.07) is 11.5. The van der Waals surface area contributed by atoms with E-state index >= 15 is 0 Å². The minimum absolute atomic E-state index is 0.0449. The molecule has 0 bridgehead atoms. The molecule has 2 N–H and O–H groups in total. The zero-order valence-electron chi connectivity index (χ0n) is 17.7. The molecule has 6 nitrogen and oxygen atoms in total. The Hall–Kier alpha value is -3.30. The first-order valence-electron chi connectivity index (χ1n) is 10.3. The molecular formula is C23H21ClF3N5O. The van der Waals surface area contributed by atoms with Crippen molar-refractivity contribution >= 4 is 34.1 Å². The number of benzene rings is 2. The number of aromatic nitrogens is 3. The van der Waals surface area contributed by atoms with Gasteiger partial charge in [0.25, 0.3) is 0 Å². The molecule has 0 fully saturated rings. The monoisotopic (exact) mass is 475 g/mol. The Morgan fingerprint density at radius 1 is 1.09 bits per heavy atom. The number of likely N-dealkylation sites (N-methyl/N-ethyl adjacent to an activating group) is 1. The van der Waals surface area contributed by atoms with E-state index in [1.165, 1.54) is 18.5 Å². The third-order valence-electron chi connectivity index (χ3n) is 4.91. The maximum absolute atomic E-state index is 12.9. The highest BCUT2D eigenvalue weighted by Crippen LogP contribution is 2.36. The minimum Gasteiger partial charge on any atom is -0.456 e. The van der Waals surface area contributed by atoms with Gasteiger partial charge in [-0.2, -0.15) is 13.2 Å². The summed E-state index contributed by atoms with van der Waals surface area (Å²) in [5.74, 6) is 0.899. The summed E-state index contributed by atoms with van der Waals surface area (Å²) in [4.78, 5) is 8.69. The van der Waals surface area contributed by atoms with Crippen LogP contribution in [0, 0.1) is 0 Å². The van der Waals surface area contributed by atoms with Crippen LogP contribution in [-0.4, -0.2) is 27.6 Å². The molecule has 0 saturated heterocycles. The minimum atomic E-state index is -4.45. The summed E-state index contributed by atoms with van der Waals surface area (Å²) < 4.78 is 46.5. The van der Waals surface area contributed by atoms with Crippen LogP contribution in [-0.2, 0) is 12.7 Å². The fraction of sp³-hybridized carbons (Fsp3) is 0.217. The fourth-order valence-electron chi connectivity index (χ4n) is 3.35. The van der Waals surface area contributed by atoms with Crippen molar-refractivity contribution in [1.29, 1.82) is 0 Å². The van der Waals surface area contributed by atoms with Crippen LogP contribution in [0.4, 0.5) is 24.7 Å². The van der Waals surface area contributed by atoms with Crippen molar-refractivity contribution in [2.45, 2.75) is 19.6 Å². The number of anilines is 2. The Balaban J connectivity index is 1.55. The van der Waals surface area contributed by atoms with Crippen LogP contribution in [0.5, 0.6) is 11.5 Å². The van der Waals surface area contributed by atoms with Gasteiger partial charge in [-0.15, -0.1) is 0 Å². The Kier molecular flexibility index (Phi) is 6.71. The molecule has 0 aliphatic rings. The van der Waals surface area contributed by atoms with E-state index in [1.807, 2.05) is 19.2 Å². The predicted molar refractivity (Wildman–Crippen MR) is 122 cm³/mol. The first-order valence-corrected chi connectivity index (χ1v) is 10.6. The summed E-state index contributed by atoms with van der Waals surface area (Å²) in [6.45, 7) is 4.49. The number of rotatable bonds is 8. The standard InChI is InChI=1S/C23H21ClF3N5O/c1-2-28-9-11-32-10-8-19-21(32)22(30-14-29-19)31-16-6-7-20(18(24)13-16)33-17-5-3-4-15(12-17)23(25,26)27/h3-8,10,12-14,28H,2,9,11H2,1H3,(H,29,30,31). The molecule has 4 aromatic rings. The maximum atomic E-state index is 12.9. The molecule has 2 heterocycles. The van der Waals surface area contributed by atoms with E-state index in [2.05, 4.69) is 25.2 Å². The Morgan fingerprint density at radius 2 is 1.94 bits per heavy atom. The van der Waals surface area contributed by atoms with Gasteiger partial charge in [0.15, 0.2) is 5.82 Å². The quantitative estimate of drug-likeness (QED) is 0.295. The van der Waals surface area contributed by atoms with Crippen LogP contribution in [0.15, 0.2) is 61.1 Å². The van der Waals surface area contributed by atoms with Crippen molar-refractivity contribution in [3.63, 3.8) is 0 Å². The van der Waals surface area contributed by atoms with Crippen molar-refractivity contribution in [3.05, 3.63) is 71.6 Å². The molecule has 10 heteroatoms. The Morgan fingerprint density at radius 3 is 2.70 bits per heavy atom. The van der Waals surface area contributed by atoms with Crippen molar-refractivity contribution in [3.8, 4) is 11.5 Å². The highest BCUT2D eigenvalue weighted by atomic mass is 35.5. The van der Waals surface area contributed by atoms with E-state index in [-0.39, 0.29) is 16.5 Å². The van der Waals surface area contributed by atoms with Gasteiger partial charge < -0.3 is 19.9 Å². The molecule has 0 aliphatic carbocycles. The molecule has 4 rings (SSSR count). The number of hydrogen-bond donors (Lipinski definition) is 2. The summed E-state index contributed by atoms with van der Waals surface area (Å²) in [6.07, 6.45) is -1.02. The van der Waals surface area contributed by atoms with E-state index < -0.39 is 11.7 Å². The molecule has 0 unspecified atom stereocenters. The van der Waals surface area contributed by atoms with Gasteiger partial charge in [-0.3, -0.25) is 0 Å². The smallest absolute Gasteiger partial charge is 0.416 e. The number of nitrogens with one attached hydrogen (secondary N) is 2. The third kappa shape index (κ3) is 5.37. The number of nitrogens with zero attached hydrogens (tertiary/aromatic N) is 3.